The first-order chi connectivity index (χ1) is 17.2. The molecule has 0 N–H and O–H groups in total. The Morgan fingerprint density at radius 2 is 1.26 bits per heavy atom. The summed E-state index contributed by atoms with van der Waals surface area (Å²) in [7, 11) is 0. The van der Waals surface area contributed by atoms with E-state index in [0.717, 1.165) is 27.5 Å². The Kier molecular flexibility index (Phi) is 5.16. The van der Waals surface area contributed by atoms with Gasteiger partial charge in [-0.3, -0.25) is 0 Å². The van der Waals surface area contributed by atoms with E-state index in [1.807, 2.05) is 78.9 Å². The highest BCUT2D eigenvalue weighted by Crippen LogP contribution is 2.48. The first kappa shape index (κ1) is 20.9. The van der Waals surface area contributed by atoms with Crippen LogP contribution in [0.2, 0.25) is 0 Å². The van der Waals surface area contributed by atoms with E-state index in [0.29, 0.717) is 17.1 Å². The molecule has 0 amide bonds. The standard InChI is InChI=1S/C32H22O3/c33-31(23-12-4-1-5-13-23)34-29-22-24-14-10-11-19-27(24)28-20-21-32(35-30(28)29,25-15-6-2-7-16-25)26-17-8-3-9-18-26/h1-22H. The average molecular weight is 455 g/mol. The number of carbonyl (C=O) groups is 1. The van der Waals surface area contributed by atoms with Gasteiger partial charge in [-0.05, 0) is 41.1 Å². The van der Waals surface area contributed by atoms with Crippen LogP contribution in [0.5, 0.6) is 11.5 Å². The normalized spacial score (nSPS) is 13.6. The molecule has 0 radical (unpaired) electrons. The van der Waals surface area contributed by atoms with E-state index in [1.54, 1.807) is 12.1 Å². The van der Waals surface area contributed by atoms with E-state index in [9.17, 15) is 4.79 Å². The van der Waals surface area contributed by atoms with Crippen LogP contribution in [0.25, 0.3) is 16.8 Å². The highest BCUT2D eigenvalue weighted by Gasteiger charge is 2.38. The summed E-state index contributed by atoms with van der Waals surface area (Å²) >= 11 is 0. The molecule has 0 aliphatic carbocycles. The Morgan fingerprint density at radius 1 is 0.686 bits per heavy atom. The number of ether oxygens (including phenoxy) is 2. The van der Waals surface area contributed by atoms with Crippen LogP contribution in [0.1, 0.15) is 27.0 Å². The number of hydrogen-bond acceptors (Lipinski definition) is 3. The van der Waals surface area contributed by atoms with E-state index in [1.165, 1.54) is 0 Å². The summed E-state index contributed by atoms with van der Waals surface area (Å²) in [5.74, 6) is 0.516. The van der Waals surface area contributed by atoms with Gasteiger partial charge in [0.1, 0.15) is 0 Å². The van der Waals surface area contributed by atoms with E-state index in [4.69, 9.17) is 9.47 Å². The molecule has 3 nitrogen and oxygen atoms in total. The van der Waals surface area contributed by atoms with Gasteiger partial charge in [0.15, 0.2) is 17.1 Å². The third-order valence-electron chi connectivity index (χ3n) is 6.37. The molecule has 6 rings (SSSR count). The number of hydrogen-bond donors (Lipinski definition) is 0. The number of benzene rings is 5. The van der Waals surface area contributed by atoms with Crippen LogP contribution in [0, 0.1) is 0 Å². The lowest BCUT2D eigenvalue weighted by atomic mass is 9.83. The fourth-order valence-electron chi connectivity index (χ4n) is 4.65. The zero-order valence-corrected chi connectivity index (χ0v) is 18.9. The van der Waals surface area contributed by atoms with Crippen molar-refractivity contribution in [3.05, 3.63) is 150 Å². The van der Waals surface area contributed by atoms with Crippen molar-refractivity contribution in [2.75, 3.05) is 0 Å². The maximum Gasteiger partial charge on any atom is 0.343 e. The largest absolute Gasteiger partial charge is 0.469 e. The maximum atomic E-state index is 13.0. The summed E-state index contributed by atoms with van der Waals surface area (Å²) in [5, 5.41) is 2.01. The second kappa shape index (κ2) is 8.62. The Bertz CT molecular complexity index is 1500. The minimum atomic E-state index is -0.869. The van der Waals surface area contributed by atoms with Crippen molar-refractivity contribution in [3.8, 4) is 11.5 Å². The lowest BCUT2D eigenvalue weighted by Gasteiger charge is -2.37. The Hall–Kier alpha value is -4.63. The molecule has 5 aromatic rings. The third-order valence-corrected chi connectivity index (χ3v) is 6.37. The van der Waals surface area contributed by atoms with Gasteiger partial charge < -0.3 is 9.47 Å². The van der Waals surface area contributed by atoms with Crippen molar-refractivity contribution in [2.24, 2.45) is 0 Å². The van der Waals surface area contributed by atoms with Gasteiger partial charge in [-0.25, -0.2) is 4.79 Å². The second-order valence-corrected chi connectivity index (χ2v) is 8.50. The maximum absolute atomic E-state index is 13.0. The highest BCUT2D eigenvalue weighted by molar-refractivity contribution is 5.98. The predicted molar refractivity (Wildman–Crippen MR) is 139 cm³/mol. The number of carbonyl (C=O) groups excluding carboxylic acids is 1. The van der Waals surface area contributed by atoms with Gasteiger partial charge in [0.05, 0.1) is 5.56 Å². The summed E-state index contributed by atoms with van der Waals surface area (Å²) < 4.78 is 12.9. The van der Waals surface area contributed by atoms with Gasteiger partial charge in [-0.15, -0.1) is 0 Å². The van der Waals surface area contributed by atoms with Gasteiger partial charge >= 0.3 is 5.97 Å². The molecule has 0 aromatic heterocycles. The van der Waals surface area contributed by atoms with Crippen LogP contribution in [-0.2, 0) is 5.60 Å². The molecule has 0 saturated carbocycles. The lowest BCUT2D eigenvalue weighted by Crippen LogP contribution is -2.34. The summed E-state index contributed by atoms with van der Waals surface area (Å²) in [6.07, 6.45) is 4.18. The van der Waals surface area contributed by atoms with Crippen molar-refractivity contribution < 1.29 is 14.3 Å². The van der Waals surface area contributed by atoms with Crippen LogP contribution in [0.15, 0.2) is 127 Å². The van der Waals surface area contributed by atoms with Gasteiger partial charge in [-0.1, -0.05) is 103 Å². The third kappa shape index (κ3) is 3.68. The Balaban J connectivity index is 1.55. The molecule has 1 heterocycles. The van der Waals surface area contributed by atoms with E-state index >= 15 is 0 Å². The first-order valence-electron chi connectivity index (χ1n) is 11.6. The molecular formula is C32H22O3. The van der Waals surface area contributed by atoms with Crippen molar-refractivity contribution in [2.45, 2.75) is 5.60 Å². The van der Waals surface area contributed by atoms with Crippen LogP contribution in [0.4, 0.5) is 0 Å². The molecule has 35 heavy (non-hydrogen) atoms. The Morgan fingerprint density at radius 3 is 1.91 bits per heavy atom. The summed E-state index contributed by atoms with van der Waals surface area (Å²) in [4.78, 5) is 13.0. The molecule has 0 bridgehead atoms. The van der Waals surface area contributed by atoms with Crippen LogP contribution in [-0.4, -0.2) is 5.97 Å². The Labute approximate surface area is 203 Å². The number of fused-ring (bicyclic) bond motifs is 3. The highest BCUT2D eigenvalue weighted by atomic mass is 16.6. The van der Waals surface area contributed by atoms with E-state index in [2.05, 4.69) is 42.5 Å². The van der Waals surface area contributed by atoms with Gasteiger partial charge in [0.25, 0.3) is 0 Å². The van der Waals surface area contributed by atoms with Crippen molar-refractivity contribution >= 4 is 22.8 Å². The fourth-order valence-corrected chi connectivity index (χ4v) is 4.65. The molecule has 3 heteroatoms. The van der Waals surface area contributed by atoms with Crippen LogP contribution in [0.3, 0.4) is 0 Å². The molecule has 0 saturated heterocycles. The molecule has 0 atom stereocenters. The zero-order valence-electron chi connectivity index (χ0n) is 18.9. The number of esters is 1. The smallest absolute Gasteiger partial charge is 0.343 e. The van der Waals surface area contributed by atoms with Gasteiger partial charge in [0.2, 0.25) is 0 Å². The molecular weight excluding hydrogens is 432 g/mol. The summed E-state index contributed by atoms with van der Waals surface area (Å²) in [6, 6.07) is 39.1. The zero-order chi connectivity index (χ0) is 23.7. The predicted octanol–water partition coefficient (Wildman–Crippen LogP) is 7.41. The SMILES string of the molecule is O=C(Oc1cc2ccccc2c2c1OC(c1ccccc1)(c1ccccc1)C=C2)c1ccccc1. The molecule has 1 aliphatic heterocycles. The summed E-state index contributed by atoms with van der Waals surface area (Å²) in [5.41, 5.74) is 2.48. The first-order valence-corrected chi connectivity index (χ1v) is 11.6. The van der Waals surface area contributed by atoms with Gasteiger partial charge in [-0.2, -0.15) is 0 Å². The quantitative estimate of drug-likeness (QED) is 0.210. The van der Waals surface area contributed by atoms with Crippen molar-refractivity contribution in [1.29, 1.82) is 0 Å². The fraction of sp³-hybridized carbons (Fsp3) is 0.0312. The molecule has 5 aromatic carbocycles. The van der Waals surface area contributed by atoms with Crippen molar-refractivity contribution in [1.82, 2.24) is 0 Å². The second-order valence-electron chi connectivity index (χ2n) is 8.50. The monoisotopic (exact) mass is 454 g/mol. The lowest BCUT2D eigenvalue weighted by molar-refractivity contribution is 0.0717. The average Bonchev–Trinajstić information content (AvgIpc) is 2.94. The molecule has 0 spiro atoms. The number of rotatable bonds is 4. The molecule has 0 unspecified atom stereocenters. The van der Waals surface area contributed by atoms with E-state index in [-0.39, 0.29) is 0 Å². The topological polar surface area (TPSA) is 35.5 Å². The van der Waals surface area contributed by atoms with Gasteiger partial charge in [0, 0.05) is 16.7 Å². The molecule has 168 valence electrons. The minimum absolute atomic E-state index is 0.396. The van der Waals surface area contributed by atoms with Crippen LogP contribution >= 0.6 is 0 Å². The minimum Gasteiger partial charge on any atom is -0.469 e. The molecule has 1 aliphatic rings. The van der Waals surface area contributed by atoms with Crippen molar-refractivity contribution in [3.63, 3.8) is 0 Å². The van der Waals surface area contributed by atoms with E-state index < -0.39 is 11.6 Å². The van der Waals surface area contributed by atoms with Crippen LogP contribution < -0.4 is 9.47 Å². The summed E-state index contributed by atoms with van der Waals surface area (Å²) in [6.45, 7) is 0. The molecule has 0 fully saturated rings.